The molecular formula is C15H21I2N3O3S. The number of allylic oxidation sites excluding steroid dienone is 2. The average Bonchev–Trinajstić information content (AvgIpc) is 2.55. The zero-order chi connectivity index (χ0) is 16.6. The van der Waals surface area contributed by atoms with E-state index in [1.54, 1.807) is 39.3 Å². The van der Waals surface area contributed by atoms with Crippen LogP contribution in [0.4, 0.5) is 0 Å². The van der Waals surface area contributed by atoms with Crippen LogP contribution in [0.5, 0.6) is 0 Å². The summed E-state index contributed by atoms with van der Waals surface area (Å²) in [5.41, 5.74) is 7.18. The molecule has 0 aromatic heterocycles. The van der Waals surface area contributed by atoms with E-state index in [9.17, 15) is 14.7 Å². The first-order chi connectivity index (χ1) is 11.0. The van der Waals surface area contributed by atoms with Gasteiger partial charge in [-0.15, -0.1) is 35.7 Å². The van der Waals surface area contributed by atoms with E-state index in [1.807, 2.05) is 12.2 Å². The molecule has 2 saturated heterocycles. The lowest BCUT2D eigenvalue weighted by Crippen LogP contribution is -2.68. The van der Waals surface area contributed by atoms with Crippen molar-refractivity contribution in [1.82, 2.24) is 9.80 Å². The molecule has 3 rings (SSSR count). The van der Waals surface area contributed by atoms with E-state index in [0.29, 0.717) is 11.4 Å². The normalized spacial score (nSPS) is 28.6. The maximum Gasteiger partial charge on any atom is 0.248 e. The highest BCUT2D eigenvalue weighted by Crippen LogP contribution is 2.40. The van der Waals surface area contributed by atoms with Gasteiger partial charge >= 0.3 is 0 Å². The Balaban J connectivity index is 0.00000208. The van der Waals surface area contributed by atoms with Crippen LogP contribution >= 0.6 is 58.3 Å². The Morgan fingerprint density at radius 2 is 2.08 bits per heavy atom. The van der Waals surface area contributed by atoms with Gasteiger partial charge in [0.15, 0.2) is 0 Å². The van der Waals surface area contributed by atoms with Crippen LogP contribution in [0.1, 0.15) is 12.8 Å². The predicted octanol–water partition coefficient (Wildman–Crippen LogP) is 1.08. The van der Waals surface area contributed by atoms with Gasteiger partial charge < -0.3 is 10.8 Å². The minimum atomic E-state index is -0.490. The molecule has 2 fully saturated rings. The van der Waals surface area contributed by atoms with Crippen molar-refractivity contribution in [3.05, 3.63) is 23.4 Å². The van der Waals surface area contributed by atoms with Gasteiger partial charge in [-0.05, 0) is 18.4 Å². The quantitative estimate of drug-likeness (QED) is 0.296. The van der Waals surface area contributed by atoms with Crippen molar-refractivity contribution in [2.45, 2.75) is 30.4 Å². The van der Waals surface area contributed by atoms with Gasteiger partial charge in [0.1, 0.15) is 17.1 Å². The lowest BCUT2D eigenvalue weighted by atomic mass is 10.0. The number of nitrogens with zero attached hydrogens (tertiary/aromatic N) is 2. The molecule has 134 valence electrons. The monoisotopic (exact) mass is 577 g/mol. The molecule has 0 aliphatic carbocycles. The van der Waals surface area contributed by atoms with Gasteiger partial charge in [0, 0.05) is 48.0 Å². The number of rotatable bonds is 4. The molecule has 0 saturated carbocycles. The lowest BCUT2D eigenvalue weighted by Gasteiger charge is -2.48. The number of carbonyl (C=O) groups is 2. The molecule has 2 atom stereocenters. The van der Waals surface area contributed by atoms with Gasteiger partial charge in [-0.2, -0.15) is 0 Å². The number of fused-ring (bicyclic) bond motifs is 1. The standard InChI is InChI=1S/C15H20IN3O3S.HI/c16-13(21)12-9(8-23-15-11(17)14(22)19(12)15)2-1-5-18-6-3-10(20)4-7-18;/h1-2,10-11,15,20H,3-8,17H2;1H/b2-1+;/t11-,15-;/m1./s1. The highest BCUT2D eigenvalue weighted by Gasteiger charge is 2.50. The Bertz CT molecular complexity index is 576. The number of nitrogens with two attached hydrogens (primary N) is 1. The molecule has 3 N–H and O–H groups in total. The first kappa shape index (κ1) is 20.6. The fraction of sp³-hybridized carbons (Fsp3) is 0.600. The summed E-state index contributed by atoms with van der Waals surface area (Å²) >= 11 is 3.35. The summed E-state index contributed by atoms with van der Waals surface area (Å²) in [5.74, 6) is 0.527. The Morgan fingerprint density at radius 1 is 1.42 bits per heavy atom. The predicted molar refractivity (Wildman–Crippen MR) is 113 cm³/mol. The molecule has 24 heavy (non-hydrogen) atoms. The zero-order valence-electron chi connectivity index (χ0n) is 13.1. The largest absolute Gasteiger partial charge is 0.393 e. The second-order valence-corrected chi connectivity index (χ2v) is 8.10. The van der Waals surface area contributed by atoms with Gasteiger partial charge in [-0.25, -0.2) is 0 Å². The number of halogens is 2. The van der Waals surface area contributed by atoms with E-state index in [2.05, 4.69) is 4.90 Å². The van der Waals surface area contributed by atoms with Crippen molar-refractivity contribution in [2.24, 2.45) is 5.73 Å². The first-order valence-electron chi connectivity index (χ1n) is 7.69. The average molecular weight is 577 g/mol. The molecule has 9 heteroatoms. The summed E-state index contributed by atoms with van der Waals surface area (Å²) in [7, 11) is 0. The molecule has 0 bridgehead atoms. The maximum atomic E-state index is 12.0. The van der Waals surface area contributed by atoms with Crippen molar-refractivity contribution < 1.29 is 14.7 Å². The Labute approximate surface area is 176 Å². The smallest absolute Gasteiger partial charge is 0.248 e. The van der Waals surface area contributed by atoms with Crippen LogP contribution in [-0.2, 0) is 9.59 Å². The fourth-order valence-corrected chi connectivity index (χ4v) is 4.97. The molecule has 0 aromatic rings. The third-order valence-electron chi connectivity index (χ3n) is 4.46. The molecule has 0 radical (unpaired) electrons. The van der Waals surface area contributed by atoms with E-state index >= 15 is 0 Å². The maximum absolute atomic E-state index is 12.0. The number of hydrogen-bond donors (Lipinski definition) is 2. The Hall–Kier alpha value is 0.310. The van der Waals surface area contributed by atoms with Crippen LogP contribution in [0.3, 0.4) is 0 Å². The minimum Gasteiger partial charge on any atom is -0.393 e. The number of carbonyl (C=O) groups excluding carboxylic acids is 2. The molecule has 0 unspecified atom stereocenters. The molecule has 3 aliphatic heterocycles. The number of piperidine rings is 1. The molecular weight excluding hydrogens is 556 g/mol. The summed E-state index contributed by atoms with van der Waals surface area (Å²) in [5, 5.41) is 9.42. The van der Waals surface area contributed by atoms with Crippen molar-refractivity contribution >= 4 is 68.0 Å². The van der Waals surface area contributed by atoms with E-state index < -0.39 is 6.04 Å². The van der Waals surface area contributed by atoms with Crippen LogP contribution in [0, 0.1) is 0 Å². The van der Waals surface area contributed by atoms with Crippen LogP contribution in [-0.4, -0.2) is 67.5 Å². The number of hydrogen-bond acceptors (Lipinski definition) is 6. The van der Waals surface area contributed by atoms with Crippen molar-refractivity contribution in [1.29, 1.82) is 0 Å². The summed E-state index contributed by atoms with van der Waals surface area (Å²) in [6.07, 6.45) is 5.45. The summed E-state index contributed by atoms with van der Waals surface area (Å²) < 4.78 is -0.117. The van der Waals surface area contributed by atoms with Gasteiger partial charge in [-0.3, -0.25) is 19.4 Å². The number of thioether (sulfide) groups is 1. The highest BCUT2D eigenvalue weighted by molar-refractivity contribution is 14.1. The number of likely N-dealkylation sites (tertiary alicyclic amines) is 1. The van der Waals surface area contributed by atoms with Gasteiger partial charge in [0.2, 0.25) is 9.70 Å². The second-order valence-electron chi connectivity index (χ2n) is 6.02. The zero-order valence-corrected chi connectivity index (χ0v) is 18.4. The molecule has 0 spiro atoms. The van der Waals surface area contributed by atoms with Crippen LogP contribution in [0.2, 0.25) is 0 Å². The van der Waals surface area contributed by atoms with Gasteiger partial charge in [0.05, 0.1) is 6.10 Å². The third kappa shape index (κ3) is 4.17. The van der Waals surface area contributed by atoms with E-state index in [4.69, 9.17) is 5.73 Å². The molecule has 3 aliphatic rings. The van der Waals surface area contributed by atoms with Crippen LogP contribution in [0.15, 0.2) is 23.4 Å². The summed E-state index contributed by atoms with van der Waals surface area (Å²) in [6.45, 7) is 2.57. The Morgan fingerprint density at radius 3 is 2.71 bits per heavy atom. The molecule has 0 aromatic carbocycles. The van der Waals surface area contributed by atoms with Gasteiger partial charge in [0.25, 0.3) is 0 Å². The number of β-lactam (4-membered cyclic amide) rings is 1. The van der Waals surface area contributed by atoms with E-state index in [1.165, 1.54) is 0 Å². The Kier molecular flexibility index (Phi) is 7.56. The highest BCUT2D eigenvalue weighted by atomic mass is 127. The topological polar surface area (TPSA) is 86.9 Å². The van der Waals surface area contributed by atoms with E-state index in [-0.39, 0.29) is 45.2 Å². The molecule has 6 nitrogen and oxygen atoms in total. The second kappa shape index (κ2) is 8.80. The van der Waals surface area contributed by atoms with Crippen molar-refractivity contribution in [2.75, 3.05) is 25.4 Å². The molecule has 3 heterocycles. The van der Waals surface area contributed by atoms with Crippen LogP contribution < -0.4 is 5.73 Å². The van der Waals surface area contributed by atoms with Crippen molar-refractivity contribution in [3.8, 4) is 0 Å². The summed E-state index contributed by atoms with van der Waals surface area (Å²) in [4.78, 5) is 27.7. The van der Waals surface area contributed by atoms with Gasteiger partial charge in [-0.1, -0.05) is 12.2 Å². The number of aliphatic hydroxyl groups excluding tert-OH is 1. The minimum absolute atomic E-state index is 0. The lowest BCUT2D eigenvalue weighted by molar-refractivity contribution is -0.142. The number of amides is 1. The third-order valence-corrected chi connectivity index (χ3v) is 6.30. The first-order valence-corrected chi connectivity index (χ1v) is 9.82. The summed E-state index contributed by atoms with van der Waals surface area (Å²) in [6, 6.07) is -0.490. The van der Waals surface area contributed by atoms with Crippen LogP contribution in [0.25, 0.3) is 0 Å². The number of aliphatic hydroxyl groups is 1. The fourth-order valence-electron chi connectivity index (χ4n) is 3.09. The SMILES string of the molecule is I.N[C@@H]1C(=O)N2C(C(=O)I)=C(/C=C/CN3CCC(O)CC3)CS[C@H]12. The van der Waals surface area contributed by atoms with E-state index in [0.717, 1.165) is 38.0 Å². The molecule has 1 amide bonds. The van der Waals surface area contributed by atoms with Crippen molar-refractivity contribution in [3.63, 3.8) is 0 Å².